The van der Waals surface area contributed by atoms with E-state index in [4.69, 9.17) is 4.74 Å². The number of hydrogen-bond donors (Lipinski definition) is 0. The van der Waals surface area contributed by atoms with E-state index in [1.807, 2.05) is 66.1 Å². The number of para-hydroxylation sites is 1. The van der Waals surface area contributed by atoms with Crippen LogP contribution in [0.5, 0.6) is 5.75 Å². The molecular weight excluding hydrogens is 372 g/mol. The van der Waals surface area contributed by atoms with Gasteiger partial charge >= 0.3 is 0 Å². The van der Waals surface area contributed by atoms with Crippen LogP contribution in [0.2, 0.25) is 0 Å². The molecule has 0 aliphatic rings. The van der Waals surface area contributed by atoms with Gasteiger partial charge in [-0.2, -0.15) is 0 Å². The van der Waals surface area contributed by atoms with Crippen LogP contribution in [-0.2, 0) is 0 Å². The molecule has 6 heteroatoms. The summed E-state index contributed by atoms with van der Waals surface area (Å²) in [4.78, 5) is 16.2. The molecule has 0 atom stereocenters. The molecule has 0 aromatic heterocycles. The quantitative estimate of drug-likeness (QED) is 0.214. The lowest BCUT2D eigenvalue weighted by molar-refractivity contribution is -0.384. The monoisotopic (exact) mass is 390 g/mol. The van der Waals surface area contributed by atoms with Crippen molar-refractivity contribution in [3.05, 3.63) is 106 Å². The Morgan fingerprint density at radius 3 is 2.29 bits per heavy atom. The highest BCUT2D eigenvalue weighted by atomic mass is 32.2. The third-order valence-electron chi connectivity index (χ3n) is 3.87. The molecule has 140 valence electrons. The molecule has 0 unspecified atom stereocenters. The number of rotatable bonds is 7. The molecule has 0 saturated heterocycles. The fourth-order valence-electron chi connectivity index (χ4n) is 2.42. The zero-order valence-corrected chi connectivity index (χ0v) is 16.0. The van der Waals surface area contributed by atoms with Gasteiger partial charge in [-0.15, -0.1) is 0 Å². The van der Waals surface area contributed by atoms with Crippen molar-refractivity contribution < 1.29 is 9.66 Å². The minimum Gasteiger partial charge on any atom is -0.497 e. The summed E-state index contributed by atoms with van der Waals surface area (Å²) in [6.45, 7) is 0. The predicted octanol–water partition coefficient (Wildman–Crippen LogP) is 6.03. The molecule has 0 amide bonds. The Balaban J connectivity index is 1.85. The average molecular weight is 390 g/mol. The molecule has 0 aliphatic heterocycles. The third-order valence-corrected chi connectivity index (χ3v) is 4.69. The number of aliphatic imine (C=N–C) groups is 1. The van der Waals surface area contributed by atoms with Gasteiger partial charge in [-0.3, -0.25) is 10.1 Å². The number of nitrogens with zero attached hydrogens (tertiary/aromatic N) is 2. The van der Waals surface area contributed by atoms with Gasteiger partial charge in [0, 0.05) is 22.6 Å². The Labute approximate surface area is 167 Å². The molecule has 0 bridgehead atoms. The first kappa shape index (κ1) is 19.4. The zero-order chi connectivity index (χ0) is 19.8. The Bertz CT molecular complexity index is 983. The van der Waals surface area contributed by atoms with E-state index in [9.17, 15) is 10.1 Å². The molecule has 0 aliphatic carbocycles. The van der Waals surface area contributed by atoms with Gasteiger partial charge in [-0.25, -0.2) is 4.99 Å². The normalized spacial score (nSPS) is 11.5. The standard InChI is InChI=1S/C22H18N2O3S/c1-27-20-11-13-21(14-12-20)28-16-15-22(23-18-5-3-2-4-6-18)17-7-9-19(10-8-17)24(25)26/h2-16H,1H3. The summed E-state index contributed by atoms with van der Waals surface area (Å²) in [6, 6.07) is 23.8. The SMILES string of the molecule is COc1ccc(SC=CC(=Nc2ccccc2)c2ccc([N+](=O)[O-])cc2)cc1. The number of allylic oxidation sites excluding steroid dienone is 1. The van der Waals surface area contributed by atoms with Crippen LogP contribution in [0.15, 0.2) is 100 Å². The van der Waals surface area contributed by atoms with Crippen LogP contribution in [0.25, 0.3) is 0 Å². The molecule has 5 nitrogen and oxygen atoms in total. The molecule has 3 aromatic rings. The number of non-ortho nitro benzene ring substituents is 1. The van der Waals surface area contributed by atoms with Crippen LogP contribution < -0.4 is 4.74 Å². The second kappa shape index (κ2) is 9.53. The Kier molecular flexibility index (Phi) is 6.59. The summed E-state index contributed by atoms with van der Waals surface area (Å²) in [5.41, 5.74) is 2.40. The lowest BCUT2D eigenvalue weighted by Crippen LogP contribution is -1.97. The van der Waals surface area contributed by atoms with Gasteiger partial charge in [0.15, 0.2) is 0 Å². The summed E-state index contributed by atoms with van der Waals surface area (Å²) in [6.07, 6.45) is 1.91. The fraction of sp³-hybridized carbons (Fsp3) is 0.0455. The van der Waals surface area contributed by atoms with Gasteiger partial charge in [0.1, 0.15) is 5.75 Å². The van der Waals surface area contributed by atoms with E-state index in [0.717, 1.165) is 27.6 Å². The Morgan fingerprint density at radius 1 is 1.00 bits per heavy atom. The van der Waals surface area contributed by atoms with E-state index in [-0.39, 0.29) is 5.69 Å². The lowest BCUT2D eigenvalue weighted by Gasteiger charge is -2.04. The number of ether oxygens (including phenoxy) is 1. The van der Waals surface area contributed by atoms with Crippen LogP contribution >= 0.6 is 11.8 Å². The molecule has 0 fully saturated rings. The maximum absolute atomic E-state index is 10.9. The molecule has 3 rings (SSSR count). The van der Waals surface area contributed by atoms with Gasteiger partial charge < -0.3 is 4.74 Å². The second-order valence-corrected chi connectivity index (χ2v) is 6.71. The summed E-state index contributed by atoms with van der Waals surface area (Å²) in [5, 5.41) is 12.8. The number of benzene rings is 3. The molecule has 0 radical (unpaired) electrons. The van der Waals surface area contributed by atoms with Gasteiger partial charge in [0.05, 0.1) is 23.4 Å². The average Bonchev–Trinajstić information content (AvgIpc) is 2.74. The molecule has 0 spiro atoms. The number of thioether (sulfide) groups is 1. The second-order valence-electron chi connectivity index (χ2n) is 5.73. The summed E-state index contributed by atoms with van der Waals surface area (Å²) in [5.74, 6) is 0.811. The largest absolute Gasteiger partial charge is 0.497 e. The van der Waals surface area contributed by atoms with Crippen molar-refractivity contribution in [3.63, 3.8) is 0 Å². The van der Waals surface area contributed by atoms with E-state index < -0.39 is 4.92 Å². The van der Waals surface area contributed by atoms with Crippen molar-refractivity contribution >= 4 is 28.8 Å². The van der Waals surface area contributed by atoms with E-state index >= 15 is 0 Å². The van der Waals surface area contributed by atoms with Gasteiger partial charge in [0.25, 0.3) is 5.69 Å². The Hall–Kier alpha value is -3.38. The van der Waals surface area contributed by atoms with E-state index in [0.29, 0.717) is 0 Å². The molecule has 0 saturated carbocycles. The highest BCUT2D eigenvalue weighted by molar-refractivity contribution is 8.02. The smallest absolute Gasteiger partial charge is 0.269 e. The minimum absolute atomic E-state index is 0.0550. The zero-order valence-electron chi connectivity index (χ0n) is 15.2. The van der Waals surface area contributed by atoms with Gasteiger partial charge in [0.2, 0.25) is 0 Å². The topological polar surface area (TPSA) is 64.7 Å². The summed E-state index contributed by atoms with van der Waals surface area (Å²) >= 11 is 1.56. The highest BCUT2D eigenvalue weighted by Crippen LogP contribution is 2.23. The molecule has 3 aromatic carbocycles. The molecule has 0 heterocycles. The van der Waals surface area contributed by atoms with Gasteiger partial charge in [-0.1, -0.05) is 30.0 Å². The van der Waals surface area contributed by atoms with Crippen molar-refractivity contribution in [1.82, 2.24) is 0 Å². The predicted molar refractivity (Wildman–Crippen MR) is 114 cm³/mol. The van der Waals surface area contributed by atoms with Crippen molar-refractivity contribution in [2.75, 3.05) is 7.11 Å². The van der Waals surface area contributed by atoms with Crippen LogP contribution in [0, 0.1) is 10.1 Å². The first-order valence-electron chi connectivity index (χ1n) is 8.51. The minimum atomic E-state index is -0.410. The maximum Gasteiger partial charge on any atom is 0.269 e. The summed E-state index contributed by atoms with van der Waals surface area (Å²) < 4.78 is 5.17. The molecule has 28 heavy (non-hydrogen) atoms. The molecule has 0 N–H and O–H groups in total. The van der Waals surface area contributed by atoms with E-state index in [1.54, 1.807) is 31.0 Å². The highest BCUT2D eigenvalue weighted by Gasteiger charge is 2.07. The third kappa shape index (κ3) is 5.31. The summed E-state index contributed by atoms with van der Waals surface area (Å²) in [7, 11) is 1.64. The van der Waals surface area contributed by atoms with Crippen LogP contribution in [0.1, 0.15) is 5.56 Å². The molecular formula is C22H18N2O3S. The van der Waals surface area contributed by atoms with E-state index in [2.05, 4.69) is 4.99 Å². The van der Waals surface area contributed by atoms with Crippen LogP contribution in [-0.4, -0.2) is 17.7 Å². The fourth-order valence-corrected chi connectivity index (χ4v) is 3.07. The maximum atomic E-state index is 10.9. The van der Waals surface area contributed by atoms with Gasteiger partial charge in [-0.05, 0) is 60.0 Å². The first-order chi connectivity index (χ1) is 13.7. The van der Waals surface area contributed by atoms with Crippen LogP contribution in [0.3, 0.4) is 0 Å². The van der Waals surface area contributed by atoms with Crippen molar-refractivity contribution in [2.24, 2.45) is 4.99 Å². The number of hydrogen-bond acceptors (Lipinski definition) is 5. The van der Waals surface area contributed by atoms with Crippen molar-refractivity contribution in [1.29, 1.82) is 0 Å². The van der Waals surface area contributed by atoms with E-state index in [1.165, 1.54) is 12.1 Å². The van der Waals surface area contributed by atoms with Crippen LogP contribution in [0.4, 0.5) is 11.4 Å². The number of nitro groups is 1. The van der Waals surface area contributed by atoms with Crippen molar-refractivity contribution in [3.8, 4) is 5.75 Å². The first-order valence-corrected chi connectivity index (χ1v) is 9.39. The number of nitro benzene ring substituents is 1. The Morgan fingerprint density at radius 2 is 1.68 bits per heavy atom. The number of methoxy groups -OCH3 is 1. The lowest BCUT2D eigenvalue weighted by atomic mass is 10.1. The van der Waals surface area contributed by atoms with Crippen molar-refractivity contribution in [2.45, 2.75) is 4.90 Å².